The van der Waals surface area contributed by atoms with Crippen molar-refractivity contribution >= 4 is 17.2 Å². The Kier molecular flexibility index (Phi) is 5.39. The number of aryl methyl sites for hydroxylation is 1. The van der Waals surface area contributed by atoms with Crippen molar-refractivity contribution in [1.29, 1.82) is 0 Å². The molecule has 1 amide bonds. The van der Waals surface area contributed by atoms with E-state index in [1.54, 1.807) is 18.2 Å². The van der Waals surface area contributed by atoms with Gasteiger partial charge in [-0.25, -0.2) is 9.37 Å². The highest BCUT2D eigenvalue weighted by Gasteiger charge is 2.11. The number of carbonyl (C=O) groups excluding carboxylic acids is 1. The molecule has 25 heavy (non-hydrogen) atoms. The van der Waals surface area contributed by atoms with Crippen molar-refractivity contribution in [2.45, 2.75) is 26.5 Å². The van der Waals surface area contributed by atoms with Crippen LogP contribution in [0.3, 0.4) is 0 Å². The van der Waals surface area contributed by atoms with E-state index in [-0.39, 0.29) is 24.0 Å². The molecular weight excluding hydrogens is 343 g/mol. The predicted octanol–water partition coefficient (Wildman–Crippen LogP) is 3.08. The molecule has 8 heteroatoms. The SMILES string of the molecule is CCc1csc(CNC(=O)c2cc(COc3cccc(F)c3)[nH]n2)n1. The van der Waals surface area contributed by atoms with E-state index in [2.05, 4.69) is 20.5 Å². The molecule has 130 valence electrons. The maximum absolute atomic E-state index is 13.1. The third kappa shape index (κ3) is 4.63. The van der Waals surface area contributed by atoms with Crippen molar-refractivity contribution in [2.24, 2.45) is 0 Å². The van der Waals surface area contributed by atoms with Crippen molar-refractivity contribution in [2.75, 3.05) is 0 Å². The Bertz CT molecular complexity index is 862. The fraction of sp³-hybridized carbons (Fsp3) is 0.235. The summed E-state index contributed by atoms with van der Waals surface area (Å²) in [4.78, 5) is 16.5. The number of amides is 1. The molecule has 0 radical (unpaired) electrons. The van der Waals surface area contributed by atoms with Crippen LogP contribution in [0.1, 0.15) is 33.8 Å². The number of nitrogens with zero attached hydrogens (tertiary/aromatic N) is 2. The number of rotatable bonds is 7. The minimum absolute atomic E-state index is 0.163. The van der Waals surface area contributed by atoms with Gasteiger partial charge in [-0.05, 0) is 24.6 Å². The Morgan fingerprint density at radius 2 is 2.28 bits per heavy atom. The Morgan fingerprint density at radius 1 is 1.40 bits per heavy atom. The number of aromatic nitrogens is 3. The molecule has 2 heterocycles. The summed E-state index contributed by atoms with van der Waals surface area (Å²) in [6, 6.07) is 7.47. The number of hydrogen-bond acceptors (Lipinski definition) is 5. The number of benzene rings is 1. The van der Waals surface area contributed by atoms with Crippen molar-refractivity contribution in [3.05, 3.63) is 63.6 Å². The van der Waals surface area contributed by atoms with Crippen LogP contribution in [0.25, 0.3) is 0 Å². The summed E-state index contributed by atoms with van der Waals surface area (Å²) in [7, 11) is 0. The van der Waals surface area contributed by atoms with E-state index in [9.17, 15) is 9.18 Å². The van der Waals surface area contributed by atoms with Gasteiger partial charge in [-0.3, -0.25) is 9.89 Å². The van der Waals surface area contributed by atoms with Gasteiger partial charge < -0.3 is 10.1 Å². The highest BCUT2D eigenvalue weighted by atomic mass is 32.1. The van der Waals surface area contributed by atoms with Crippen LogP contribution < -0.4 is 10.1 Å². The highest BCUT2D eigenvalue weighted by molar-refractivity contribution is 7.09. The maximum atomic E-state index is 13.1. The highest BCUT2D eigenvalue weighted by Crippen LogP contribution is 2.14. The fourth-order valence-corrected chi connectivity index (χ4v) is 2.93. The number of carbonyl (C=O) groups is 1. The lowest BCUT2D eigenvalue weighted by molar-refractivity contribution is 0.0946. The molecule has 3 aromatic rings. The molecule has 3 rings (SSSR count). The molecule has 2 aromatic heterocycles. The first-order valence-corrected chi connectivity index (χ1v) is 8.66. The summed E-state index contributed by atoms with van der Waals surface area (Å²) >= 11 is 1.52. The monoisotopic (exact) mass is 360 g/mol. The van der Waals surface area contributed by atoms with Crippen LogP contribution in [0.4, 0.5) is 4.39 Å². The van der Waals surface area contributed by atoms with E-state index < -0.39 is 0 Å². The van der Waals surface area contributed by atoms with Crippen LogP contribution in [0.5, 0.6) is 5.75 Å². The van der Waals surface area contributed by atoms with E-state index in [4.69, 9.17) is 4.74 Å². The Balaban J connectivity index is 1.52. The molecule has 0 aliphatic carbocycles. The van der Waals surface area contributed by atoms with Gasteiger partial charge >= 0.3 is 0 Å². The predicted molar refractivity (Wildman–Crippen MR) is 92.0 cm³/mol. The Labute approximate surface area is 148 Å². The van der Waals surface area contributed by atoms with Crippen LogP contribution in [0, 0.1) is 5.82 Å². The molecule has 2 N–H and O–H groups in total. The lowest BCUT2D eigenvalue weighted by atomic mass is 10.3. The van der Waals surface area contributed by atoms with Crippen molar-refractivity contribution < 1.29 is 13.9 Å². The summed E-state index contributed by atoms with van der Waals surface area (Å²) < 4.78 is 18.6. The van der Waals surface area contributed by atoms with Gasteiger partial charge in [0.15, 0.2) is 0 Å². The van der Waals surface area contributed by atoms with Crippen LogP contribution in [-0.4, -0.2) is 21.1 Å². The third-order valence-electron chi connectivity index (χ3n) is 3.42. The van der Waals surface area contributed by atoms with Crippen LogP contribution >= 0.6 is 11.3 Å². The maximum Gasteiger partial charge on any atom is 0.272 e. The molecule has 0 spiro atoms. The zero-order valence-corrected chi connectivity index (χ0v) is 14.4. The second-order valence-corrected chi connectivity index (χ2v) is 6.24. The number of ether oxygens (including phenoxy) is 1. The van der Waals surface area contributed by atoms with E-state index in [0.717, 1.165) is 17.1 Å². The van der Waals surface area contributed by atoms with Gasteiger partial charge in [0.05, 0.1) is 17.9 Å². The van der Waals surface area contributed by atoms with Gasteiger partial charge in [-0.15, -0.1) is 11.3 Å². The van der Waals surface area contributed by atoms with E-state index in [1.807, 2.05) is 12.3 Å². The lowest BCUT2D eigenvalue weighted by Gasteiger charge is -2.03. The van der Waals surface area contributed by atoms with Crippen LogP contribution in [0.15, 0.2) is 35.7 Å². The second kappa shape index (κ2) is 7.89. The topological polar surface area (TPSA) is 79.9 Å². The summed E-state index contributed by atoms with van der Waals surface area (Å²) in [5.74, 6) is -0.242. The number of hydrogen-bond donors (Lipinski definition) is 2. The van der Waals surface area contributed by atoms with Crippen molar-refractivity contribution in [1.82, 2.24) is 20.5 Å². The van der Waals surface area contributed by atoms with Gasteiger partial charge in [0.1, 0.15) is 28.9 Å². The standard InChI is InChI=1S/C17H17FN4O2S/c1-2-12-10-25-16(20-12)8-19-17(23)15-7-13(21-22-15)9-24-14-5-3-4-11(18)6-14/h3-7,10H,2,8-9H2,1H3,(H,19,23)(H,21,22). The van der Waals surface area contributed by atoms with Gasteiger partial charge in [-0.1, -0.05) is 13.0 Å². The van der Waals surface area contributed by atoms with Crippen LogP contribution in [-0.2, 0) is 19.6 Å². The molecule has 6 nitrogen and oxygen atoms in total. The third-order valence-corrected chi connectivity index (χ3v) is 4.31. The first-order valence-electron chi connectivity index (χ1n) is 7.78. The fourth-order valence-electron chi connectivity index (χ4n) is 2.11. The summed E-state index contributed by atoms with van der Waals surface area (Å²) in [6.45, 7) is 2.57. The Morgan fingerprint density at radius 3 is 3.04 bits per heavy atom. The van der Waals surface area contributed by atoms with Gasteiger partial charge in [0.2, 0.25) is 0 Å². The number of halogens is 1. The zero-order valence-electron chi connectivity index (χ0n) is 13.6. The summed E-state index contributed by atoms with van der Waals surface area (Å²) in [5.41, 5.74) is 1.91. The molecule has 0 saturated carbocycles. The van der Waals surface area contributed by atoms with E-state index in [1.165, 1.54) is 23.5 Å². The minimum Gasteiger partial charge on any atom is -0.487 e. The van der Waals surface area contributed by atoms with Gasteiger partial charge in [0, 0.05) is 11.4 Å². The van der Waals surface area contributed by atoms with E-state index >= 15 is 0 Å². The number of nitrogens with one attached hydrogen (secondary N) is 2. The zero-order chi connectivity index (χ0) is 17.6. The first kappa shape index (κ1) is 17.1. The molecule has 0 fully saturated rings. The molecule has 0 saturated heterocycles. The van der Waals surface area contributed by atoms with Gasteiger partial charge in [-0.2, -0.15) is 5.10 Å². The molecule has 0 atom stereocenters. The molecule has 0 aliphatic rings. The van der Waals surface area contributed by atoms with E-state index in [0.29, 0.717) is 18.0 Å². The van der Waals surface area contributed by atoms with Crippen molar-refractivity contribution in [3.8, 4) is 5.75 Å². The van der Waals surface area contributed by atoms with Crippen molar-refractivity contribution in [3.63, 3.8) is 0 Å². The summed E-state index contributed by atoms with van der Waals surface area (Å²) in [6.07, 6.45) is 0.873. The lowest BCUT2D eigenvalue weighted by Crippen LogP contribution is -2.23. The minimum atomic E-state index is -0.365. The first-order chi connectivity index (χ1) is 12.1. The normalized spacial score (nSPS) is 10.6. The Hall–Kier alpha value is -2.74. The average molecular weight is 360 g/mol. The molecule has 0 unspecified atom stereocenters. The quantitative estimate of drug-likeness (QED) is 0.679. The molecular formula is C17H17FN4O2S. The average Bonchev–Trinajstić information content (AvgIpc) is 3.27. The molecule has 0 aliphatic heterocycles. The smallest absolute Gasteiger partial charge is 0.272 e. The largest absolute Gasteiger partial charge is 0.487 e. The van der Waals surface area contributed by atoms with Gasteiger partial charge in [0.25, 0.3) is 5.91 Å². The summed E-state index contributed by atoms with van der Waals surface area (Å²) in [5, 5.41) is 12.3. The van der Waals surface area contributed by atoms with Crippen LogP contribution in [0.2, 0.25) is 0 Å². The molecule has 1 aromatic carbocycles. The number of thiazole rings is 1. The number of H-pyrrole nitrogens is 1. The number of aromatic amines is 1. The second-order valence-electron chi connectivity index (χ2n) is 5.29. The molecule has 0 bridgehead atoms.